The fraction of sp³-hybridized carbons (Fsp3) is 0. The van der Waals surface area contributed by atoms with Crippen molar-refractivity contribution in [2.24, 2.45) is 0 Å². The largest absolute Gasteiger partial charge is 0.456 e. The average Bonchev–Trinajstić information content (AvgIpc) is 3.95. The lowest BCUT2D eigenvalue weighted by Crippen LogP contribution is -2.00. The van der Waals surface area contributed by atoms with Crippen molar-refractivity contribution < 1.29 is 13.3 Å². The molecule has 8 aromatic carbocycles. The third-order valence-electron chi connectivity index (χ3n) is 10.3. The van der Waals surface area contributed by atoms with Crippen LogP contribution in [0.1, 0.15) is 0 Å². The van der Waals surface area contributed by atoms with E-state index in [1.165, 1.54) is 0 Å². The summed E-state index contributed by atoms with van der Waals surface area (Å²) in [5, 5.41) is 8.10. The fourth-order valence-corrected chi connectivity index (χ4v) is 7.89. The highest BCUT2D eigenvalue weighted by molar-refractivity contribution is 6.31. The Kier molecular flexibility index (Phi) is 5.65. The standard InChI is InChI=1S/C46H24N4O3/c1-2-11-26(12-3-1)46-47-41-31-15-8-19-36-39(31)40-33(42(41)53-46)23-29(24-37(40)52-36)44-48-43(28-21-20-25-10-4-5-13-27(25)22-28)49-45(50-44)32-16-9-18-35-38(32)30-14-6-7-17-34(30)51-35/h1-24H. The lowest BCUT2D eigenvalue weighted by Gasteiger charge is -2.10. The van der Waals surface area contributed by atoms with Crippen molar-refractivity contribution in [3.8, 4) is 45.6 Å². The van der Waals surface area contributed by atoms with E-state index in [1.54, 1.807) is 0 Å². The highest BCUT2D eigenvalue weighted by Crippen LogP contribution is 2.45. The van der Waals surface area contributed by atoms with Gasteiger partial charge in [-0.05, 0) is 59.3 Å². The smallest absolute Gasteiger partial charge is 0.227 e. The Labute approximate surface area is 300 Å². The molecule has 12 rings (SSSR count). The van der Waals surface area contributed by atoms with Crippen LogP contribution in [-0.4, -0.2) is 19.9 Å². The molecule has 0 unspecified atom stereocenters. The molecule has 0 aliphatic carbocycles. The molecule has 0 spiro atoms. The predicted octanol–water partition coefficient (Wildman–Crippen LogP) is 12.2. The fourth-order valence-electron chi connectivity index (χ4n) is 7.89. The van der Waals surface area contributed by atoms with Gasteiger partial charge in [0.05, 0.1) is 0 Å². The van der Waals surface area contributed by atoms with Gasteiger partial charge in [0, 0.05) is 54.6 Å². The van der Waals surface area contributed by atoms with Crippen LogP contribution in [0.15, 0.2) is 159 Å². The van der Waals surface area contributed by atoms with E-state index in [9.17, 15) is 0 Å². The number of oxazole rings is 1. The molecule has 53 heavy (non-hydrogen) atoms. The Morgan fingerprint density at radius 3 is 1.94 bits per heavy atom. The molecule has 0 amide bonds. The van der Waals surface area contributed by atoms with Crippen molar-refractivity contribution in [2.45, 2.75) is 0 Å². The maximum atomic E-state index is 6.62. The van der Waals surface area contributed by atoms with Crippen LogP contribution >= 0.6 is 0 Å². The van der Waals surface area contributed by atoms with E-state index in [1.807, 2.05) is 97.1 Å². The Balaban J connectivity index is 1.15. The van der Waals surface area contributed by atoms with Crippen LogP contribution in [0.3, 0.4) is 0 Å². The van der Waals surface area contributed by atoms with Crippen molar-refractivity contribution in [2.75, 3.05) is 0 Å². The van der Waals surface area contributed by atoms with Gasteiger partial charge in [-0.3, -0.25) is 0 Å². The van der Waals surface area contributed by atoms with E-state index in [4.69, 9.17) is 33.2 Å². The summed E-state index contributed by atoms with van der Waals surface area (Å²) in [6, 6.07) is 48.9. The minimum Gasteiger partial charge on any atom is -0.456 e. The van der Waals surface area contributed by atoms with E-state index in [0.717, 1.165) is 93.2 Å². The average molecular weight is 681 g/mol. The van der Waals surface area contributed by atoms with E-state index >= 15 is 0 Å². The molecule has 0 atom stereocenters. The normalized spacial score (nSPS) is 12.2. The number of fused-ring (bicyclic) bond motifs is 7. The van der Waals surface area contributed by atoms with Crippen molar-refractivity contribution in [1.82, 2.24) is 19.9 Å². The molecule has 0 saturated carbocycles. The monoisotopic (exact) mass is 680 g/mol. The first-order chi connectivity index (χ1) is 26.2. The summed E-state index contributed by atoms with van der Waals surface area (Å²) in [5.74, 6) is 2.18. The Morgan fingerprint density at radius 2 is 1.04 bits per heavy atom. The van der Waals surface area contributed by atoms with E-state index in [2.05, 4.69) is 48.5 Å². The number of hydrogen-bond donors (Lipinski definition) is 0. The Hall–Kier alpha value is -7.38. The third-order valence-corrected chi connectivity index (χ3v) is 10.3. The summed E-state index contributed by atoms with van der Waals surface area (Å²) in [5.41, 5.74) is 8.00. The number of furan rings is 2. The van der Waals surface area contributed by atoms with Crippen LogP contribution in [-0.2, 0) is 0 Å². The van der Waals surface area contributed by atoms with Gasteiger partial charge in [-0.2, -0.15) is 0 Å². The molecule has 4 heterocycles. The molecule has 0 fully saturated rings. The maximum Gasteiger partial charge on any atom is 0.227 e. The summed E-state index contributed by atoms with van der Waals surface area (Å²) in [6.07, 6.45) is 0. The van der Waals surface area contributed by atoms with Gasteiger partial charge in [-0.15, -0.1) is 0 Å². The van der Waals surface area contributed by atoms with Gasteiger partial charge in [0.25, 0.3) is 0 Å². The van der Waals surface area contributed by atoms with E-state index in [-0.39, 0.29) is 0 Å². The van der Waals surface area contributed by atoms with Crippen LogP contribution in [0, 0.1) is 0 Å². The predicted molar refractivity (Wildman–Crippen MR) is 210 cm³/mol. The number of rotatable bonds is 4. The summed E-state index contributed by atoms with van der Waals surface area (Å²) < 4.78 is 19.4. The SMILES string of the molecule is c1ccc(-c2nc3c4cccc5oc6cc(-c7nc(-c8ccc9ccccc9c8)nc(-c8cccc9oc%10ccccc%10c89)n7)cc(c3o2)c6c54)cc1. The third kappa shape index (κ3) is 4.16. The van der Waals surface area contributed by atoms with Crippen molar-refractivity contribution in [1.29, 1.82) is 0 Å². The van der Waals surface area contributed by atoms with Gasteiger partial charge >= 0.3 is 0 Å². The zero-order valence-electron chi connectivity index (χ0n) is 27.9. The van der Waals surface area contributed by atoms with Gasteiger partial charge in [0.2, 0.25) is 5.89 Å². The number of benzene rings is 8. The number of aromatic nitrogens is 4. The highest BCUT2D eigenvalue weighted by Gasteiger charge is 2.24. The first-order valence-electron chi connectivity index (χ1n) is 17.5. The summed E-state index contributed by atoms with van der Waals surface area (Å²) in [6.45, 7) is 0. The molecule has 0 radical (unpaired) electrons. The summed E-state index contributed by atoms with van der Waals surface area (Å²) in [4.78, 5) is 20.6. The van der Waals surface area contributed by atoms with E-state index < -0.39 is 0 Å². The molecule has 0 N–H and O–H groups in total. The van der Waals surface area contributed by atoms with Crippen LogP contribution in [0.4, 0.5) is 0 Å². The lowest BCUT2D eigenvalue weighted by atomic mass is 9.98. The van der Waals surface area contributed by atoms with Crippen molar-refractivity contribution in [3.05, 3.63) is 146 Å². The molecule has 0 aliphatic rings. The van der Waals surface area contributed by atoms with Crippen LogP contribution < -0.4 is 0 Å². The second-order valence-electron chi connectivity index (χ2n) is 13.4. The zero-order chi connectivity index (χ0) is 34.6. The van der Waals surface area contributed by atoms with Crippen LogP contribution in [0.5, 0.6) is 0 Å². The number of para-hydroxylation sites is 1. The molecular weight excluding hydrogens is 657 g/mol. The molecule has 12 aromatic rings. The highest BCUT2D eigenvalue weighted by atomic mass is 16.4. The van der Waals surface area contributed by atoms with Crippen LogP contribution in [0.2, 0.25) is 0 Å². The Bertz CT molecular complexity index is 3410. The van der Waals surface area contributed by atoms with Crippen molar-refractivity contribution in [3.63, 3.8) is 0 Å². The van der Waals surface area contributed by atoms with Gasteiger partial charge in [0.15, 0.2) is 23.1 Å². The molecular formula is C46H24N4O3. The first kappa shape index (κ1) is 28.3. The Morgan fingerprint density at radius 1 is 0.358 bits per heavy atom. The van der Waals surface area contributed by atoms with Gasteiger partial charge in [-0.1, -0.05) is 97.1 Å². The second-order valence-corrected chi connectivity index (χ2v) is 13.4. The summed E-state index contributed by atoms with van der Waals surface area (Å²) in [7, 11) is 0. The van der Waals surface area contributed by atoms with Crippen molar-refractivity contribution >= 4 is 76.5 Å². The maximum absolute atomic E-state index is 6.62. The van der Waals surface area contributed by atoms with Crippen LogP contribution in [0.25, 0.3) is 122 Å². The lowest BCUT2D eigenvalue weighted by molar-refractivity contribution is 0.623. The molecule has 4 aromatic heterocycles. The molecule has 7 heteroatoms. The minimum atomic E-state index is 0.511. The number of nitrogens with zero attached hydrogens (tertiary/aromatic N) is 4. The zero-order valence-corrected chi connectivity index (χ0v) is 27.9. The minimum absolute atomic E-state index is 0.511. The topological polar surface area (TPSA) is 91.0 Å². The molecule has 246 valence electrons. The summed E-state index contributed by atoms with van der Waals surface area (Å²) >= 11 is 0. The molecule has 0 aliphatic heterocycles. The molecule has 7 nitrogen and oxygen atoms in total. The van der Waals surface area contributed by atoms with Gasteiger partial charge < -0.3 is 13.3 Å². The number of hydrogen-bond acceptors (Lipinski definition) is 7. The second kappa shape index (κ2) is 10.6. The first-order valence-corrected chi connectivity index (χ1v) is 17.5. The van der Waals surface area contributed by atoms with E-state index in [0.29, 0.717) is 28.9 Å². The molecule has 0 saturated heterocycles. The van der Waals surface area contributed by atoms with Gasteiger partial charge in [-0.25, -0.2) is 19.9 Å². The quantitative estimate of drug-likeness (QED) is 0.171. The van der Waals surface area contributed by atoms with Gasteiger partial charge in [0.1, 0.15) is 27.8 Å². The molecule has 0 bridgehead atoms.